The Kier molecular flexibility index (Phi) is 3.64. The number of nitrogens with two attached hydrogens (primary N) is 2. The predicted molar refractivity (Wildman–Crippen MR) is 87.6 cm³/mol. The zero-order chi connectivity index (χ0) is 15.7. The fourth-order valence-corrected chi connectivity index (χ4v) is 3.11. The molecule has 0 saturated heterocycles. The van der Waals surface area contributed by atoms with E-state index >= 15 is 0 Å². The van der Waals surface area contributed by atoms with E-state index < -0.39 is 5.97 Å². The summed E-state index contributed by atoms with van der Waals surface area (Å²) in [6, 6.07) is 9.48. The van der Waals surface area contributed by atoms with Crippen LogP contribution in [0.25, 0.3) is 21.6 Å². The Bertz CT molecular complexity index is 846. The SMILES string of the molecule is CCOC(=O)c1sc2nc(-c3ccccc3)nc(N)c2c1N. The third-order valence-corrected chi connectivity index (χ3v) is 4.19. The molecule has 0 unspecified atom stereocenters. The largest absolute Gasteiger partial charge is 0.462 e. The van der Waals surface area contributed by atoms with Crippen molar-refractivity contribution < 1.29 is 9.53 Å². The van der Waals surface area contributed by atoms with Gasteiger partial charge in [0.05, 0.1) is 17.7 Å². The van der Waals surface area contributed by atoms with Crippen LogP contribution in [-0.4, -0.2) is 22.5 Å². The molecule has 0 aliphatic heterocycles. The monoisotopic (exact) mass is 314 g/mol. The first-order valence-corrected chi connectivity index (χ1v) is 7.51. The minimum Gasteiger partial charge on any atom is -0.462 e. The van der Waals surface area contributed by atoms with Gasteiger partial charge in [-0.3, -0.25) is 0 Å². The van der Waals surface area contributed by atoms with Crippen LogP contribution in [0.5, 0.6) is 0 Å². The molecular weight excluding hydrogens is 300 g/mol. The van der Waals surface area contributed by atoms with Crippen LogP contribution < -0.4 is 11.5 Å². The summed E-state index contributed by atoms with van der Waals surface area (Å²) in [6.45, 7) is 2.02. The number of carbonyl (C=O) groups excluding carboxylic acids is 1. The van der Waals surface area contributed by atoms with E-state index in [1.807, 2.05) is 30.3 Å². The Hall–Kier alpha value is -2.67. The standard InChI is InChI=1S/C15H14N4O2S/c1-2-21-15(20)11-10(16)9-12(17)18-13(19-14(9)22-11)8-6-4-3-5-7-8/h3-7H,2,16H2,1H3,(H2,17,18,19). The number of anilines is 2. The van der Waals surface area contributed by atoms with Gasteiger partial charge in [0, 0.05) is 5.56 Å². The van der Waals surface area contributed by atoms with Gasteiger partial charge in [0.2, 0.25) is 0 Å². The molecule has 2 heterocycles. The highest BCUT2D eigenvalue weighted by molar-refractivity contribution is 7.21. The smallest absolute Gasteiger partial charge is 0.350 e. The molecule has 0 spiro atoms. The lowest BCUT2D eigenvalue weighted by atomic mass is 10.2. The summed E-state index contributed by atoms with van der Waals surface area (Å²) in [6.07, 6.45) is 0. The highest BCUT2D eigenvalue weighted by Gasteiger charge is 2.21. The van der Waals surface area contributed by atoms with Gasteiger partial charge in [0.1, 0.15) is 15.5 Å². The van der Waals surface area contributed by atoms with Crippen LogP contribution in [-0.2, 0) is 4.74 Å². The van der Waals surface area contributed by atoms with Crippen LogP contribution >= 0.6 is 11.3 Å². The van der Waals surface area contributed by atoms with Crippen LogP contribution in [0.15, 0.2) is 30.3 Å². The number of ether oxygens (including phenoxy) is 1. The molecule has 7 heteroatoms. The predicted octanol–water partition coefficient (Wildman–Crippen LogP) is 2.70. The molecule has 0 amide bonds. The number of hydrogen-bond acceptors (Lipinski definition) is 7. The number of rotatable bonds is 3. The van der Waals surface area contributed by atoms with Crippen LogP contribution in [0, 0.1) is 0 Å². The molecule has 0 atom stereocenters. The molecule has 0 aliphatic rings. The molecule has 0 aliphatic carbocycles. The molecule has 4 N–H and O–H groups in total. The summed E-state index contributed by atoms with van der Waals surface area (Å²) in [7, 11) is 0. The molecule has 0 saturated carbocycles. The van der Waals surface area contributed by atoms with E-state index in [1.165, 1.54) is 0 Å². The van der Waals surface area contributed by atoms with Gasteiger partial charge in [-0.25, -0.2) is 14.8 Å². The first-order chi connectivity index (χ1) is 10.6. The van der Waals surface area contributed by atoms with Gasteiger partial charge in [-0.15, -0.1) is 11.3 Å². The lowest BCUT2D eigenvalue weighted by Crippen LogP contribution is -2.05. The zero-order valence-electron chi connectivity index (χ0n) is 11.9. The first kappa shape index (κ1) is 14.3. The molecule has 3 aromatic rings. The van der Waals surface area contributed by atoms with E-state index in [9.17, 15) is 4.79 Å². The average molecular weight is 314 g/mol. The topological polar surface area (TPSA) is 104 Å². The van der Waals surface area contributed by atoms with Crippen molar-refractivity contribution in [1.82, 2.24) is 9.97 Å². The second-order valence-corrected chi connectivity index (χ2v) is 5.54. The van der Waals surface area contributed by atoms with E-state index in [0.717, 1.165) is 16.9 Å². The van der Waals surface area contributed by atoms with Crippen molar-refractivity contribution in [2.45, 2.75) is 6.92 Å². The third-order valence-electron chi connectivity index (χ3n) is 3.11. The molecule has 0 bridgehead atoms. The fraction of sp³-hybridized carbons (Fsp3) is 0.133. The van der Waals surface area contributed by atoms with E-state index in [-0.39, 0.29) is 18.1 Å². The number of esters is 1. The molecule has 0 fully saturated rings. The lowest BCUT2D eigenvalue weighted by Gasteiger charge is -2.03. The van der Waals surface area contributed by atoms with Crippen LogP contribution in [0.4, 0.5) is 11.5 Å². The number of aromatic nitrogens is 2. The number of carbonyl (C=O) groups is 1. The van der Waals surface area contributed by atoms with Crippen LogP contribution in [0.3, 0.4) is 0 Å². The lowest BCUT2D eigenvalue weighted by molar-refractivity contribution is 0.0533. The average Bonchev–Trinajstić information content (AvgIpc) is 2.86. The second kappa shape index (κ2) is 5.61. The third kappa shape index (κ3) is 2.35. The molecule has 0 radical (unpaired) electrons. The quantitative estimate of drug-likeness (QED) is 0.720. The van der Waals surface area contributed by atoms with Gasteiger partial charge in [0.15, 0.2) is 5.82 Å². The molecule has 3 rings (SSSR count). The summed E-state index contributed by atoms with van der Waals surface area (Å²) in [5.74, 6) is 0.291. The summed E-state index contributed by atoms with van der Waals surface area (Å²) in [5.41, 5.74) is 13.1. The Morgan fingerprint density at radius 2 is 1.95 bits per heavy atom. The number of hydrogen-bond donors (Lipinski definition) is 2. The summed E-state index contributed by atoms with van der Waals surface area (Å²) in [5, 5.41) is 0.507. The van der Waals surface area contributed by atoms with Gasteiger partial charge in [0.25, 0.3) is 0 Å². The van der Waals surface area contributed by atoms with Crippen LogP contribution in [0.2, 0.25) is 0 Å². The van der Waals surface area contributed by atoms with E-state index in [2.05, 4.69) is 9.97 Å². The van der Waals surface area contributed by atoms with Gasteiger partial charge in [-0.2, -0.15) is 0 Å². The number of thiophene rings is 1. The van der Waals surface area contributed by atoms with Crippen molar-refractivity contribution in [1.29, 1.82) is 0 Å². The van der Waals surface area contributed by atoms with E-state index in [4.69, 9.17) is 16.2 Å². The van der Waals surface area contributed by atoms with E-state index in [1.54, 1.807) is 6.92 Å². The van der Waals surface area contributed by atoms with Crippen molar-refractivity contribution in [3.8, 4) is 11.4 Å². The molecule has 1 aromatic carbocycles. The number of nitrogens with zero attached hydrogens (tertiary/aromatic N) is 2. The number of benzene rings is 1. The minimum atomic E-state index is -0.469. The van der Waals surface area contributed by atoms with Crippen molar-refractivity contribution >= 4 is 39.0 Å². The molecule has 2 aromatic heterocycles. The molecule has 6 nitrogen and oxygen atoms in total. The summed E-state index contributed by atoms with van der Waals surface area (Å²) >= 11 is 1.16. The van der Waals surface area contributed by atoms with Crippen molar-refractivity contribution in [2.24, 2.45) is 0 Å². The Labute approximate surface area is 130 Å². The Morgan fingerprint density at radius 3 is 2.64 bits per heavy atom. The zero-order valence-corrected chi connectivity index (χ0v) is 12.7. The number of nitrogen functional groups attached to an aromatic ring is 2. The van der Waals surface area contributed by atoms with Gasteiger partial charge in [-0.05, 0) is 6.92 Å². The Balaban J connectivity index is 2.17. The summed E-state index contributed by atoms with van der Waals surface area (Å²) in [4.78, 5) is 21.6. The van der Waals surface area contributed by atoms with Gasteiger partial charge >= 0.3 is 5.97 Å². The van der Waals surface area contributed by atoms with Gasteiger partial charge < -0.3 is 16.2 Å². The molecule has 22 heavy (non-hydrogen) atoms. The Morgan fingerprint density at radius 1 is 1.23 bits per heavy atom. The van der Waals surface area contributed by atoms with Crippen LogP contribution in [0.1, 0.15) is 16.6 Å². The second-order valence-electron chi connectivity index (χ2n) is 4.54. The first-order valence-electron chi connectivity index (χ1n) is 6.69. The summed E-state index contributed by atoms with van der Waals surface area (Å²) < 4.78 is 5.00. The highest BCUT2D eigenvalue weighted by atomic mass is 32.1. The van der Waals surface area contributed by atoms with Crippen molar-refractivity contribution in [3.63, 3.8) is 0 Å². The maximum absolute atomic E-state index is 11.9. The normalized spacial score (nSPS) is 10.8. The fourth-order valence-electron chi connectivity index (χ4n) is 2.11. The number of fused-ring (bicyclic) bond motifs is 1. The molecule has 112 valence electrons. The van der Waals surface area contributed by atoms with E-state index in [0.29, 0.717) is 20.9 Å². The molecular formula is C15H14N4O2S. The van der Waals surface area contributed by atoms with Crippen molar-refractivity contribution in [3.05, 3.63) is 35.2 Å². The maximum atomic E-state index is 11.9. The van der Waals surface area contributed by atoms with Crippen molar-refractivity contribution in [2.75, 3.05) is 18.1 Å². The highest BCUT2D eigenvalue weighted by Crippen LogP contribution is 2.37. The van der Waals surface area contributed by atoms with Gasteiger partial charge in [-0.1, -0.05) is 30.3 Å². The minimum absolute atomic E-state index is 0.258. The maximum Gasteiger partial charge on any atom is 0.350 e.